The van der Waals surface area contributed by atoms with Gasteiger partial charge in [-0.25, -0.2) is 22.2 Å². The van der Waals surface area contributed by atoms with E-state index in [9.17, 15) is 17.2 Å². The van der Waals surface area contributed by atoms with Crippen LogP contribution in [0.1, 0.15) is 12.0 Å². The summed E-state index contributed by atoms with van der Waals surface area (Å²) in [6.45, 7) is 0. The van der Waals surface area contributed by atoms with Crippen molar-refractivity contribution in [1.29, 1.82) is 0 Å². The van der Waals surface area contributed by atoms with Crippen molar-refractivity contribution in [3.8, 4) is 5.75 Å². The highest BCUT2D eigenvalue weighted by atomic mass is 79.9. The van der Waals surface area contributed by atoms with Crippen LogP contribution in [-0.2, 0) is 9.05 Å². The highest BCUT2D eigenvalue weighted by molar-refractivity contribution is 9.10. The first kappa shape index (κ1) is 13.6. The Morgan fingerprint density at radius 1 is 1.56 bits per heavy atom. The Hall–Kier alpha value is -0.470. The minimum Gasteiger partial charge on any atom is -0.496 e. The monoisotopic (exact) mass is 335 g/mol. The van der Waals surface area contributed by atoms with Gasteiger partial charge in [0.05, 0.1) is 12.7 Å². The Bertz CT molecular complexity index is 509. The van der Waals surface area contributed by atoms with E-state index in [1.807, 2.05) is 0 Å². The third kappa shape index (κ3) is 2.80. The van der Waals surface area contributed by atoms with Gasteiger partial charge in [0.25, 0.3) is 15.5 Å². The van der Waals surface area contributed by atoms with E-state index in [1.165, 1.54) is 0 Å². The van der Waals surface area contributed by atoms with Crippen LogP contribution in [0.2, 0.25) is 0 Å². The fraction of sp³-hybridized carbons (Fsp3) is 0.286. The number of pyridine rings is 1. The van der Waals surface area contributed by atoms with Gasteiger partial charge >= 0.3 is 0 Å². The van der Waals surface area contributed by atoms with Crippen LogP contribution in [0.15, 0.2) is 15.7 Å². The maximum Gasteiger partial charge on any atom is 0.278 e. The molecule has 0 N–H and O–H groups in total. The van der Waals surface area contributed by atoms with Gasteiger partial charge in [0.15, 0.2) is 5.03 Å². The van der Waals surface area contributed by atoms with Gasteiger partial charge < -0.3 is 4.74 Å². The van der Waals surface area contributed by atoms with Crippen LogP contribution in [0.4, 0.5) is 8.78 Å². The van der Waals surface area contributed by atoms with Gasteiger partial charge in [-0.1, -0.05) is 0 Å². The molecule has 0 spiro atoms. The second-order valence-corrected chi connectivity index (χ2v) is 5.87. The lowest BCUT2D eigenvalue weighted by Gasteiger charge is -2.10. The quantitative estimate of drug-likeness (QED) is 0.629. The number of rotatable bonds is 3. The van der Waals surface area contributed by atoms with E-state index in [2.05, 4.69) is 25.7 Å². The molecule has 9 heteroatoms. The van der Waals surface area contributed by atoms with Crippen molar-refractivity contribution >= 4 is 35.7 Å². The number of hydrogen-bond acceptors (Lipinski definition) is 4. The van der Waals surface area contributed by atoms with Gasteiger partial charge in [-0.05, 0) is 15.9 Å². The first-order chi connectivity index (χ1) is 7.27. The smallest absolute Gasteiger partial charge is 0.278 e. The molecule has 0 unspecified atom stereocenters. The Labute approximate surface area is 103 Å². The number of nitrogens with zero attached hydrogens (tertiary/aromatic N) is 1. The predicted molar refractivity (Wildman–Crippen MR) is 56.5 cm³/mol. The van der Waals surface area contributed by atoms with Crippen molar-refractivity contribution in [2.75, 3.05) is 7.11 Å². The number of methoxy groups -OCH3 is 1. The molecule has 0 amide bonds. The molecule has 0 bridgehead atoms. The first-order valence-electron chi connectivity index (χ1n) is 3.74. The Morgan fingerprint density at radius 3 is 2.50 bits per heavy atom. The van der Waals surface area contributed by atoms with Crippen molar-refractivity contribution < 1.29 is 21.9 Å². The van der Waals surface area contributed by atoms with Crippen LogP contribution in [0, 0.1) is 0 Å². The van der Waals surface area contributed by atoms with Crippen LogP contribution in [0.5, 0.6) is 5.75 Å². The molecule has 0 aliphatic rings. The summed E-state index contributed by atoms with van der Waals surface area (Å²) in [5.41, 5.74) is -0.522. The maximum atomic E-state index is 12.6. The maximum absolute atomic E-state index is 12.6. The lowest BCUT2D eigenvalue weighted by molar-refractivity contribution is 0.145. The van der Waals surface area contributed by atoms with Crippen molar-refractivity contribution in [3.63, 3.8) is 0 Å². The third-order valence-electron chi connectivity index (χ3n) is 1.64. The molecular weight excluding hydrogens is 332 g/mol. The molecule has 4 nitrogen and oxygen atoms in total. The van der Waals surface area contributed by atoms with Crippen LogP contribution in [0.3, 0.4) is 0 Å². The average Bonchev–Trinajstić information content (AvgIpc) is 2.14. The molecule has 0 atom stereocenters. The zero-order valence-corrected chi connectivity index (χ0v) is 10.9. The Balaban J connectivity index is 3.50. The summed E-state index contributed by atoms with van der Waals surface area (Å²) in [6.07, 6.45) is -2.84. The molecule has 1 aromatic heterocycles. The average molecular weight is 337 g/mol. The van der Waals surface area contributed by atoms with Crippen LogP contribution >= 0.6 is 26.6 Å². The number of halogens is 4. The first-order valence-corrected chi connectivity index (χ1v) is 6.85. The normalized spacial score (nSPS) is 11.9. The van der Waals surface area contributed by atoms with Crippen molar-refractivity contribution in [2.45, 2.75) is 11.5 Å². The Morgan fingerprint density at radius 2 is 2.12 bits per heavy atom. The number of aromatic nitrogens is 1. The van der Waals surface area contributed by atoms with Gasteiger partial charge in [0.2, 0.25) is 0 Å². The van der Waals surface area contributed by atoms with Crippen molar-refractivity contribution in [2.24, 2.45) is 0 Å². The zero-order chi connectivity index (χ0) is 12.5. The standard InChI is InChI=1S/C7H5BrClF2NO3S/c1-15-3-2-4(16(9,13)14)12-6(8)5(3)7(10)11/h2,7H,1H3. The molecule has 90 valence electrons. The van der Waals surface area contributed by atoms with E-state index < -0.39 is 26.1 Å². The van der Waals surface area contributed by atoms with Gasteiger partial charge in [0.1, 0.15) is 10.4 Å². The zero-order valence-electron chi connectivity index (χ0n) is 7.75. The Kier molecular flexibility index (Phi) is 4.08. The predicted octanol–water partition coefficient (Wildman–Crippen LogP) is 2.72. The number of ether oxygens (including phenoxy) is 1. The van der Waals surface area contributed by atoms with Gasteiger partial charge in [-0.3, -0.25) is 0 Å². The highest BCUT2D eigenvalue weighted by Crippen LogP contribution is 2.36. The summed E-state index contributed by atoms with van der Waals surface area (Å²) in [5.74, 6) is -0.295. The van der Waals surface area contributed by atoms with Gasteiger partial charge in [0, 0.05) is 16.7 Å². The number of hydrogen-bond donors (Lipinski definition) is 0. The summed E-state index contributed by atoms with van der Waals surface area (Å²) >= 11 is 2.74. The van der Waals surface area contributed by atoms with E-state index >= 15 is 0 Å². The van der Waals surface area contributed by atoms with E-state index in [1.54, 1.807) is 0 Å². The third-order valence-corrected chi connectivity index (χ3v) is 3.43. The molecule has 1 aromatic rings. The summed E-state index contributed by atoms with van der Waals surface area (Å²) in [5, 5.41) is -0.553. The molecule has 1 heterocycles. The minimum absolute atomic E-state index is 0.295. The molecule has 0 radical (unpaired) electrons. The highest BCUT2D eigenvalue weighted by Gasteiger charge is 2.23. The summed E-state index contributed by atoms with van der Waals surface area (Å²) in [6, 6.07) is 0.842. The second-order valence-electron chi connectivity index (χ2n) is 2.61. The summed E-state index contributed by atoms with van der Waals surface area (Å²) in [4.78, 5) is 3.41. The molecule has 0 fully saturated rings. The van der Waals surface area contributed by atoms with E-state index in [4.69, 9.17) is 10.7 Å². The minimum atomic E-state index is -4.09. The fourth-order valence-electron chi connectivity index (χ4n) is 0.972. The topological polar surface area (TPSA) is 56.3 Å². The lowest BCUT2D eigenvalue weighted by atomic mass is 10.3. The van der Waals surface area contributed by atoms with E-state index in [0.717, 1.165) is 13.2 Å². The van der Waals surface area contributed by atoms with Gasteiger partial charge in [-0.15, -0.1) is 0 Å². The molecule has 0 aliphatic heterocycles. The molecule has 0 aromatic carbocycles. The molecule has 16 heavy (non-hydrogen) atoms. The lowest BCUT2D eigenvalue weighted by Crippen LogP contribution is -2.02. The fourth-order valence-corrected chi connectivity index (χ4v) is 2.33. The molecule has 0 aliphatic carbocycles. The molecule has 0 saturated heterocycles. The van der Waals surface area contributed by atoms with Gasteiger partial charge in [-0.2, -0.15) is 0 Å². The molecular formula is C7H5BrClF2NO3S. The van der Waals surface area contributed by atoms with Crippen molar-refractivity contribution in [3.05, 3.63) is 16.2 Å². The summed E-state index contributed by atoms with van der Waals surface area (Å²) in [7, 11) is 2.08. The van der Waals surface area contributed by atoms with Crippen LogP contribution < -0.4 is 4.74 Å². The van der Waals surface area contributed by atoms with E-state index in [0.29, 0.717) is 0 Å². The SMILES string of the molecule is COc1cc(S(=O)(=O)Cl)nc(Br)c1C(F)F. The summed E-state index contributed by atoms with van der Waals surface area (Å²) < 4.78 is 51.4. The second kappa shape index (κ2) is 4.80. The van der Waals surface area contributed by atoms with Crippen LogP contribution in [-0.4, -0.2) is 20.5 Å². The van der Waals surface area contributed by atoms with Crippen LogP contribution in [0.25, 0.3) is 0 Å². The van der Waals surface area contributed by atoms with Crippen molar-refractivity contribution in [1.82, 2.24) is 4.98 Å². The number of alkyl halides is 2. The largest absolute Gasteiger partial charge is 0.496 e. The van der Waals surface area contributed by atoms with E-state index in [-0.39, 0.29) is 10.4 Å². The molecule has 0 saturated carbocycles. The molecule has 1 rings (SSSR count).